The van der Waals surface area contributed by atoms with Gasteiger partial charge in [-0.15, -0.1) is 13.2 Å². The van der Waals surface area contributed by atoms with E-state index in [-0.39, 0.29) is 31.7 Å². The second-order valence-electron chi connectivity index (χ2n) is 7.99. The monoisotopic (exact) mass is 562 g/mol. The largest absolute Gasteiger partial charge is 0.573 e. The highest BCUT2D eigenvalue weighted by atomic mass is 32.2. The maximum absolute atomic E-state index is 13.6. The summed E-state index contributed by atoms with van der Waals surface area (Å²) in [6.07, 6.45) is -7.90. The van der Waals surface area contributed by atoms with Gasteiger partial charge in [0.05, 0.1) is 16.7 Å². The predicted octanol–water partition coefficient (Wildman–Crippen LogP) is 3.42. The first kappa shape index (κ1) is 28.3. The number of alkyl halides is 3. The van der Waals surface area contributed by atoms with Crippen molar-refractivity contribution in [3.05, 3.63) is 58.6 Å². The molecule has 0 radical (unpaired) electrons. The van der Waals surface area contributed by atoms with Crippen LogP contribution >= 0.6 is 0 Å². The van der Waals surface area contributed by atoms with Gasteiger partial charge in [0.2, 0.25) is 0 Å². The molecule has 2 amide bonds. The highest BCUT2D eigenvalue weighted by molar-refractivity contribution is 7.93. The minimum atomic E-state index is -5.00. The molecule has 3 rings (SSSR count). The van der Waals surface area contributed by atoms with Crippen LogP contribution in [0, 0.1) is 10.1 Å². The number of carbonyl (C=O) groups is 2. The number of hydrogen-bond acceptors (Lipinski definition) is 7. The van der Waals surface area contributed by atoms with Gasteiger partial charge in [0.25, 0.3) is 15.7 Å². The summed E-state index contributed by atoms with van der Waals surface area (Å²) >= 11 is 0. The van der Waals surface area contributed by atoms with Crippen LogP contribution in [-0.4, -0.2) is 84.1 Å². The lowest BCUT2D eigenvalue weighted by molar-refractivity contribution is -0.387. The Hall–Kier alpha value is -4.28. The number of rotatable bonds is 8. The third-order valence-electron chi connectivity index (χ3n) is 5.65. The van der Waals surface area contributed by atoms with Crippen LogP contribution in [0.1, 0.15) is 6.42 Å². The molecule has 2 aromatic rings. The van der Waals surface area contributed by atoms with Crippen molar-refractivity contribution in [3.8, 4) is 5.75 Å². The van der Waals surface area contributed by atoms with E-state index >= 15 is 0 Å². The number of anilines is 1. The fourth-order valence-corrected chi connectivity index (χ4v) is 5.58. The van der Waals surface area contributed by atoms with Crippen LogP contribution in [0.25, 0.3) is 0 Å². The normalized spacial score (nSPS) is 16.1. The van der Waals surface area contributed by atoms with Gasteiger partial charge in [0.15, 0.2) is 4.90 Å². The number of benzene rings is 2. The van der Waals surface area contributed by atoms with Gasteiger partial charge in [-0.25, -0.2) is 18.0 Å². The Morgan fingerprint density at radius 2 is 1.71 bits per heavy atom. The van der Waals surface area contributed by atoms with Gasteiger partial charge in [0, 0.05) is 32.2 Å². The Bertz CT molecular complexity index is 1310. The van der Waals surface area contributed by atoms with Gasteiger partial charge in [-0.2, -0.15) is 0 Å². The van der Waals surface area contributed by atoms with Crippen LogP contribution in [0.5, 0.6) is 5.75 Å². The Morgan fingerprint density at radius 3 is 2.26 bits per heavy atom. The summed E-state index contributed by atoms with van der Waals surface area (Å²) in [5.41, 5.74) is -0.943. The van der Waals surface area contributed by atoms with Gasteiger partial charge >= 0.3 is 18.5 Å². The molecule has 0 spiro atoms. The lowest BCUT2D eigenvalue weighted by Crippen LogP contribution is -2.56. The van der Waals surface area contributed by atoms with Crippen molar-refractivity contribution in [3.63, 3.8) is 0 Å². The molecule has 0 saturated carbocycles. The smallest absolute Gasteiger partial charge is 0.465 e. The number of nitro benzene ring substituents is 1. The molecule has 1 aliphatic rings. The van der Waals surface area contributed by atoms with Crippen molar-refractivity contribution < 1.29 is 51.1 Å². The molecule has 13 nitrogen and oxygen atoms in total. The van der Waals surface area contributed by atoms with Gasteiger partial charge in [-0.05, 0) is 36.8 Å². The minimum Gasteiger partial charge on any atom is -0.465 e. The third-order valence-corrected chi connectivity index (χ3v) is 7.53. The van der Waals surface area contributed by atoms with Gasteiger partial charge in [-0.1, -0.05) is 12.1 Å². The first-order valence-electron chi connectivity index (χ1n) is 10.8. The standard InChI is InChI=1S/C21H21F3N4O9S/c22-21(23,24)37-16-7-5-14(6-8-16)27(38(35,36)18-4-2-1-3-17(18)28(33)34)10-9-15-13-25(19(29)30)11-12-26(15)20(31)32/h1-8,15H,9-13H2,(H,29,30)(H,31,32)/t15-/m1/s1. The van der Waals surface area contributed by atoms with E-state index in [9.17, 15) is 51.5 Å². The quantitative estimate of drug-likeness (QED) is 0.361. The molecule has 1 saturated heterocycles. The van der Waals surface area contributed by atoms with Crippen molar-refractivity contribution >= 4 is 33.6 Å². The average Bonchev–Trinajstić information content (AvgIpc) is 2.83. The molecule has 2 aromatic carbocycles. The summed E-state index contributed by atoms with van der Waals surface area (Å²) in [5, 5.41) is 30.3. The molecule has 2 N–H and O–H groups in total. The number of carboxylic acid groups (broad SMARTS) is 2. The fraction of sp³-hybridized carbons (Fsp3) is 0.333. The minimum absolute atomic E-state index is 0.100. The number of sulfonamides is 1. The van der Waals surface area contributed by atoms with Crippen molar-refractivity contribution in [2.45, 2.75) is 23.7 Å². The lowest BCUT2D eigenvalue weighted by Gasteiger charge is -2.39. The maximum atomic E-state index is 13.6. The molecule has 0 bridgehead atoms. The topological polar surface area (TPSA) is 171 Å². The van der Waals surface area contributed by atoms with E-state index < -0.39 is 62.4 Å². The summed E-state index contributed by atoms with van der Waals surface area (Å²) in [7, 11) is -4.71. The molecule has 1 fully saturated rings. The first-order chi connectivity index (χ1) is 17.7. The Morgan fingerprint density at radius 1 is 1.08 bits per heavy atom. The van der Waals surface area contributed by atoms with Crippen LogP contribution in [0.4, 0.5) is 34.1 Å². The fourth-order valence-electron chi connectivity index (χ4n) is 3.94. The Balaban J connectivity index is 2.01. The molecule has 0 aromatic heterocycles. The summed E-state index contributed by atoms with van der Waals surface area (Å²) in [6, 6.07) is 7.14. The summed E-state index contributed by atoms with van der Waals surface area (Å²) in [5.74, 6) is -0.647. The first-order valence-corrected chi connectivity index (χ1v) is 12.2. The van der Waals surface area contributed by atoms with E-state index in [0.29, 0.717) is 4.31 Å². The number of halogens is 3. The highest BCUT2D eigenvalue weighted by Gasteiger charge is 2.36. The van der Waals surface area contributed by atoms with Gasteiger partial charge in [-0.3, -0.25) is 14.4 Å². The average molecular weight is 562 g/mol. The molecule has 1 heterocycles. The molecular weight excluding hydrogens is 541 g/mol. The number of nitrogens with zero attached hydrogens (tertiary/aromatic N) is 4. The molecule has 206 valence electrons. The lowest BCUT2D eigenvalue weighted by atomic mass is 10.1. The number of amides is 2. The van der Waals surface area contributed by atoms with E-state index in [1.54, 1.807) is 0 Å². The van der Waals surface area contributed by atoms with Crippen molar-refractivity contribution in [1.82, 2.24) is 9.80 Å². The van der Waals surface area contributed by atoms with Crippen LogP contribution in [0.15, 0.2) is 53.4 Å². The van der Waals surface area contributed by atoms with Crippen LogP contribution in [0.2, 0.25) is 0 Å². The van der Waals surface area contributed by atoms with E-state index in [1.165, 1.54) is 12.1 Å². The van der Waals surface area contributed by atoms with Crippen LogP contribution < -0.4 is 9.04 Å². The van der Waals surface area contributed by atoms with Crippen LogP contribution in [-0.2, 0) is 10.0 Å². The predicted molar refractivity (Wildman–Crippen MR) is 123 cm³/mol. The Kier molecular flexibility index (Phi) is 8.19. The third kappa shape index (κ3) is 6.53. The Labute approximate surface area is 213 Å². The van der Waals surface area contributed by atoms with E-state index in [2.05, 4.69) is 4.74 Å². The summed E-state index contributed by atoms with van der Waals surface area (Å²) in [6.45, 7) is -1.03. The second kappa shape index (κ2) is 11.0. The number of nitro groups is 1. The molecule has 0 unspecified atom stereocenters. The van der Waals surface area contributed by atoms with Crippen molar-refractivity contribution in [2.24, 2.45) is 0 Å². The zero-order chi connectivity index (χ0) is 28.3. The number of ether oxygens (including phenoxy) is 1. The van der Waals surface area contributed by atoms with Crippen LogP contribution in [0.3, 0.4) is 0 Å². The second-order valence-corrected chi connectivity index (χ2v) is 9.82. The number of para-hydroxylation sites is 1. The molecule has 38 heavy (non-hydrogen) atoms. The number of piperazine rings is 1. The van der Waals surface area contributed by atoms with Gasteiger partial charge < -0.3 is 24.7 Å². The highest BCUT2D eigenvalue weighted by Crippen LogP contribution is 2.32. The summed E-state index contributed by atoms with van der Waals surface area (Å²) in [4.78, 5) is 34.9. The van der Waals surface area contributed by atoms with Crippen molar-refractivity contribution in [1.29, 1.82) is 0 Å². The van der Waals surface area contributed by atoms with E-state index in [1.807, 2.05) is 0 Å². The molecular formula is C21H21F3N4O9S. The van der Waals surface area contributed by atoms with Crippen molar-refractivity contribution in [2.75, 3.05) is 30.5 Å². The van der Waals surface area contributed by atoms with E-state index in [4.69, 9.17) is 0 Å². The maximum Gasteiger partial charge on any atom is 0.573 e. The molecule has 17 heteroatoms. The zero-order valence-corrected chi connectivity index (χ0v) is 20.1. The molecule has 1 atom stereocenters. The number of hydrogen-bond donors (Lipinski definition) is 2. The SMILES string of the molecule is O=C(O)N1CCN(C(=O)O)[C@H](CCN(c2ccc(OC(F)(F)F)cc2)S(=O)(=O)c2ccccc2[N+](=O)[O-])C1. The van der Waals surface area contributed by atoms with Gasteiger partial charge in [0.1, 0.15) is 5.75 Å². The zero-order valence-electron chi connectivity index (χ0n) is 19.3. The molecule has 0 aliphatic carbocycles. The van der Waals surface area contributed by atoms with E-state index in [0.717, 1.165) is 46.2 Å². The molecule has 1 aliphatic heterocycles. The summed E-state index contributed by atoms with van der Waals surface area (Å²) < 4.78 is 69.4.